The van der Waals surface area contributed by atoms with Gasteiger partial charge in [-0.1, -0.05) is 47.5 Å². The third kappa shape index (κ3) is 6.22. The van der Waals surface area contributed by atoms with Crippen molar-refractivity contribution in [1.82, 2.24) is 5.32 Å². The van der Waals surface area contributed by atoms with E-state index in [1.54, 1.807) is 42.5 Å². The zero-order chi connectivity index (χ0) is 17.5. The molecular formula is C18H17Cl2NO3. The Morgan fingerprint density at radius 2 is 1.58 bits per heavy atom. The van der Waals surface area contributed by atoms with Crippen molar-refractivity contribution in [3.8, 4) is 0 Å². The number of halogens is 2. The van der Waals surface area contributed by atoms with Crippen LogP contribution >= 0.6 is 23.2 Å². The summed E-state index contributed by atoms with van der Waals surface area (Å²) in [4.78, 5) is 23.3. The Hall–Kier alpha value is -2.04. The number of hydrogen-bond donors (Lipinski definition) is 2. The molecule has 0 saturated heterocycles. The van der Waals surface area contributed by atoms with Crippen LogP contribution < -0.4 is 5.32 Å². The van der Waals surface area contributed by atoms with Gasteiger partial charge in [0.2, 0.25) is 5.91 Å². The Bertz CT molecular complexity index is 734. The standard InChI is InChI=1S/C18H17Cl2NO3/c19-14-5-1-3-12(7-14)9-16(11-18(23)24)21-17(22)10-13-4-2-6-15(20)8-13/h1-8,16H,9-11H2,(H,21,22)(H,23,24)/t16-/m0/s1. The lowest BCUT2D eigenvalue weighted by molar-refractivity contribution is -0.137. The maximum Gasteiger partial charge on any atom is 0.305 e. The first-order valence-corrected chi connectivity index (χ1v) is 8.18. The zero-order valence-electron chi connectivity index (χ0n) is 12.8. The molecule has 0 bridgehead atoms. The first kappa shape index (κ1) is 18.3. The van der Waals surface area contributed by atoms with Gasteiger partial charge in [0.1, 0.15) is 0 Å². The van der Waals surface area contributed by atoms with E-state index >= 15 is 0 Å². The summed E-state index contributed by atoms with van der Waals surface area (Å²) in [7, 11) is 0. The van der Waals surface area contributed by atoms with Gasteiger partial charge in [-0.25, -0.2) is 0 Å². The second-order valence-electron chi connectivity index (χ2n) is 5.50. The molecule has 6 heteroatoms. The highest BCUT2D eigenvalue weighted by Crippen LogP contribution is 2.14. The van der Waals surface area contributed by atoms with Crippen molar-refractivity contribution in [2.75, 3.05) is 0 Å². The van der Waals surface area contributed by atoms with E-state index in [4.69, 9.17) is 28.3 Å². The highest BCUT2D eigenvalue weighted by atomic mass is 35.5. The maximum absolute atomic E-state index is 12.2. The number of rotatable bonds is 7. The van der Waals surface area contributed by atoms with Crippen LogP contribution in [-0.4, -0.2) is 23.0 Å². The first-order chi connectivity index (χ1) is 11.4. The van der Waals surface area contributed by atoms with Gasteiger partial charge in [-0.2, -0.15) is 0 Å². The van der Waals surface area contributed by atoms with E-state index < -0.39 is 12.0 Å². The predicted octanol–water partition coefficient (Wildman–Crippen LogP) is 3.74. The fourth-order valence-electron chi connectivity index (χ4n) is 2.44. The minimum atomic E-state index is -0.968. The summed E-state index contributed by atoms with van der Waals surface area (Å²) < 4.78 is 0. The van der Waals surface area contributed by atoms with Crippen LogP contribution in [0.2, 0.25) is 10.0 Å². The smallest absolute Gasteiger partial charge is 0.305 e. The van der Waals surface area contributed by atoms with Gasteiger partial charge in [-0.3, -0.25) is 9.59 Å². The van der Waals surface area contributed by atoms with Gasteiger partial charge in [-0.15, -0.1) is 0 Å². The molecule has 0 aliphatic rings. The summed E-state index contributed by atoms with van der Waals surface area (Å²) in [6.45, 7) is 0. The number of benzene rings is 2. The van der Waals surface area contributed by atoms with E-state index in [0.717, 1.165) is 11.1 Å². The van der Waals surface area contributed by atoms with Gasteiger partial charge in [0.05, 0.1) is 12.8 Å². The molecule has 0 aromatic heterocycles. The van der Waals surface area contributed by atoms with Crippen molar-refractivity contribution in [3.63, 3.8) is 0 Å². The second kappa shape index (κ2) is 8.71. The quantitative estimate of drug-likeness (QED) is 0.785. The molecule has 126 valence electrons. The Morgan fingerprint density at radius 1 is 1.00 bits per heavy atom. The maximum atomic E-state index is 12.2. The SMILES string of the molecule is O=C(O)C[C@H](Cc1cccc(Cl)c1)NC(=O)Cc1cccc(Cl)c1. The van der Waals surface area contributed by atoms with Crippen molar-refractivity contribution < 1.29 is 14.7 Å². The average molecular weight is 366 g/mol. The largest absolute Gasteiger partial charge is 0.481 e. The minimum Gasteiger partial charge on any atom is -0.481 e. The summed E-state index contributed by atoms with van der Waals surface area (Å²) in [5.41, 5.74) is 1.65. The van der Waals surface area contributed by atoms with Crippen LogP contribution in [-0.2, 0) is 22.4 Å². The second-order valence-corrected chi connectivity index (χ2v) is 6.38. The van der Waals surface area contributed by atoms with E-state index in [1.165, 1.54) is 0 Å². The molecule has 0 aliphatic heterocycles. The van der Waals surface area contributed by atoms with Crippen LogP contribution in [0.1, 0.15) is 17.5 Å². The monoisotopic (exact) mass is 365 g/mol. The number of aliphatic carboxylic acids is 1. The van der Waals surface area contributed by atoms with Gasteiger partial charge in [-0.05, 0) is 41.8 Å². The summed E-state index contributed by atoms with van der Waals surface area (Å²) >= 11 is 11.8. The minimum absolute atomic E-state index is 0.145. The average Bonchev–Trinajstić information content (AvgIpc) is 2.46. The van der Waals surface area contributed by atoms with E-state index in [2.05, 4.69) is 5.32 Å². The van der Waals surface area contributed by atoms with E-state index in [0.29, 0.717) is 16.5 Å². The molecule has 0 saturated carbocycles. The third-order valence-electron chi connectivity index (χ3n) is 3.41. The molecule has 0 spiro atoms. The van der Waals surface area contributed by atoms with Crippen LogP contribution in [0.15, 0.2) is 48.5 Å². The molecule has 2 aromatic rings. The number of carboxylic acids is 1. The van der Waals surface area contributed by atoms with Crippen molar-refractivity contribution in [2.24, 2.45) is 0 Å². The van der Waals surface area contributed by atoms with Gasteiger partial charge in [0.25, 0.3) is 0 Å². The number of hydrogen-bond acceptors (Lipinski definition) is 2. The Kier molecular flexibility index (Phi) is 6.64. The lowest BCUT2D eigenvalue weighted by atomic mass is 10.0. The van der Waals surface area contributed by atoms with E-state index in [9.17, 15) is 9.59 Å². The Balaban J connectivity index is 2.02. The van der Waals surface area contributed by atoms with Crippen LogP contribution in [0, 0.1) is 0 Å². The molecule has 2 N–H and O–H groups in total. The van der Waals surface area contributed by atoms with Crippen molar-refractivity contribution in [3.05, 3.63) is 69.7 Å². The first-order valence-electron chi connectivity index (χ1n) is 7.42. The van der Waals surface area contributed by atoms with Gasteiger partial charge in [0.15, 0.2) is 0 Å². The molecule has 1 amide bonds. The lowest BCUT2D eigenvalue weighted by Crippen LogP contribution is -2.38. The lowest BCUT2D eigenvalue weighted by Gasteiger charge is -2.17. The fourth-order valence-corrected chi connectivity index (χ4v) is 2.87. The molecule has 0 aliphatic carbocycles. The van der Waals surface area contributed by atoms with Gasteiger partial charge >= 0.3 is 5.97 Å². The van der Waals surface area contributed by atoms with E-state index in [1.807, 2.05) is 6.07 Å². The Labute approximate surface area is 150 Å². The van der Waals surface area contributed by atoms with E-state index in [-0.39, 0.29) is 18.7 Å². The number of carboxylic acid groups (broad SMARTS) is 1. The molecule has 0 fully saturated rings. The molecule has 4 nitrogen and oxygen atoms in total. The number of carbonyl (C=O) groups is 2. The molecule has 0 unspecified atom stereocenters. The highest BCUT2D eigenvalue weighted by molar-refractivity contribution is 6.30. The molecule has 2 aromatic carbocycles. The van der Waals surface area contributed by atoms with Crippen LogP contribution in [0.25, 0.3) is 0 Å². The number of nitrogens with one attached hydrogen (secondary N) is 1. The Morgan fingerprint density at radius 3 is 2.17 bits per heavy atom. The summed E-state index contributed by atoms with van der Waals surface area (Å²) in [5.74, 6) is -1.21. The highest BCUT2D eigenvalue weighted by Gasteiger charge is 2.17. The molecule has 0 radical (unpaired) electrons. The van der Waals surface area contributed by atoms with Crippen molar-refractivity contribution in [1.29, 1.82) is 0 Å². The molecule has 1 atom stereocenters. The number of amides is 1. The molecular weight excluding hydrogens is 349 g/mol. The summed E-state index contributed by atoms with van der Waals surface area (Å²) in [6.07, 6.45) is 0.383. The number of carbonyl (C=O) groups excluding carboxylic acids is 1. The van der Waals surface area contributed by atoms with Crippen LogP contribution in [0.4, 0.5) is 0 Å². The zero-order valence-corrected chi connectivity index (χ0v) is 14.3. The van der Waals surface area contributed by atoms with Crippen molar-refractivity contribution >= 4 is 35.1 Å². The van der Waals surface area contributed by atoms with Crippen molar-refractivity contribution in [2.45, 2.75) is 25.3 Å². The fraction of sp³-hybridized carbons (Fsp3) is 0.222. The van der Waals surface area contributed by atoms with Crippen LogP contribution in [0.3, 0.4) is 0 Å². The third-order valence-corrected chi connectivity index (χ3v) is 3.88. The topological polar surface area (TPSA) is 66.4 Å². The van der Waals surface area contributed by atoms with Crippen LogP contribution in [0.5, 0.6) is 0 Å². The normalized spacial score (nSPS) is 11.8. The molecule has 24 heavy (non-hydrogen) atoms. The summed E-state index contributed by atoms with van der Waals surface area (Å²) in [6, 6.07) is 13.7. The van der Waals surface area contributed by atoms with Gasteiger partial charge in [0, 0.05) is 16.1 Å². The molecule has 2 rings (SSSR count). The summed E-state index contributed by atoms with van der Waals surface area (Å²) in [5, 5.41) is 13.0. The predicted molar refractivity (Wildman–Crippen MR) is 94.5 cm³/mol. The van der Waals surface area contributed by atoms with Gasteiger partial charge < -0.3 is 10.4 Å². The molecule has 0 heterocycles.